The van der Waals surface area contributed by atoms with Crippen molar-refractivity contribution in [1.82, 2.24) is 15.0 Å². The van der Waals surface area contributed by atoms with Gasteiger partial charge in [0.05, 0.1) is 16.0 Å². The predicted octanol–water partition coefficient (Wildman–Crippen LogP) is 4.37. The van der Waals surface area contributed by atoms with E-state index in [1.165, 1.54) is 18.5 Å². The van der Waals surface area contributed by atoms with E-state index in [1.807, 2.05) is 0 Å². The van der Waals surface area contributed by atoms with Gasteiger partial charge < -0.3 is 10.3 Å². The van der Waals surface area contributed by atoms with E-state index in [-0.39, 0.29) is 10.7 Å². The van der Waals surface area contributed by atoms with Crippen molar-refractivity contribution >= 4 is 34.1 Å². The molecule has 8 heteroatoms. The van der Waals surface area contributed by atoms with Crippen molar-refractivity contribution in [2.45, 2.75) is 6.18 Å². The summed E-state index contributed by atoms with van der Waals surface area (Å²) in [5.74, 6) is 0.414. The van der Waals surface area contributed by atoms with Gasteiger partial charge in [0.1, 0.15) is 17.8 Å². The summed E-state index contributed by atoms with van der Waals surface area (Å²) in [6, 6.07) is 5.33. The van der Waals surface area contributed by atoms with Crippen LogP contribution in [-0.4, -0.2) is 15.0 Å². The third-order valence-corrected chi connectivity index (χ3v) is 3.22. The molecule has 1 aromatic carbocycles. The van der Waals surface area contributed by atoms with Crippen LogP contribution in [0.3, 0.4) is 0 Å². The van der Waals surface area contributed by atoms with Crippen molar-refractivity contribution in [3.05, 3.63) is 47.4 Å². The van der Waals surface area contributed by atoms with E-state index >= 15 is 0 Å². The Hall–Kier alpha value is -2.28. The number of hydrogen-bond acceptors (Lipinski definition) is 3. The number of benzene rings is 1. The third-order valence-electron chi connectivity index (χ3n) is 2.89. The Kier molecular flexibility index (Phi) is 3.21. The summed E-state index contributed by atoms with van der Waals surface area (Å²) in [4.78, 5) is 10.9. The number of aromatic nitrogens is 3. The average molecular weight is 313 g/mol. The van der Waals surface area contributed by atoms with Crippen LogP contribution in [0.4, 0.5) is 24.7 Å². The van der Waals surface area contributed by atoms with E-state index in [0.717, 1.165) is 6.07 Å². The van der Waals surface area contributed by atoms with E-state index < -0.39 is 11.7 Å². The number of halogens is 4. The minimum absolute atomic E-state index is 0.243. The summed E-state index contributed by atoms with van der Waals surface area (Å²) in [7, 11) is 0. The second-order valence-corrected chi connectivity index (χ2v) is 4.69. The largest absolute Gasteiger partial charge is 0.417 e. The summed E-state index contributed by atoms with van der Waals surface area (Å²) in [5, 5.41) is 3.18. The molecule has 0 saturated carbocycles. The molecule has 0 radical (unpaired) electrons. The number of aromatic amines is 1. The molecule has 3 rings (SSSR count). The Morgan fingerprint density at radius 1 is 1.14 bits per heavy atom. The van der Waals surface area contributed by atoms with Crippen molar-refractivity contribution in [3.8, 4) is 0 Å². The summed E-state index contributed by atoms with van der Waals surface area (Å²) in [5.41, 5.74) is -0.0565. The molecule has 4 nitrogen and oxygen atoms in total. The van der Waals surface area contributed by atoms with Crippen molar-refractivity contribution in [3.63, 3.8) is 0 Å². The number of nitrogens with one attached hydrogen (secondary N) is 2. The highest BCUT2D eigenvalue weighted by Crippen LogP contribution is 2.36. The van der Waals surface area contributed by atoms with E-state index in [1.54, 1.807) is 12.3 Å². The lowest BCUT2D eigenvalue weighted by molar-refractivity contribution is -0.137. The second-order valence-electron chi connectivity index (χ2n) is 4.28. The van der Waals surface area contributed by atoms with Crippen LogP contribution < -0.4 is 5.32 Å². The minimum Gasteiger partial charge on any atom is -0.346 e. The molecule has 0 aliphatic rings. The molecule has 0 saturated heterocycles. The molecule has 3 aromatic rings. The molecule has 0 fully saturated rings. The Balaban J connectivity index is 2.01. The SMILES string of the molecule is FC(F)(F)c1cc(Nc2ncnc3[nH]ccc23)ccc1Cl. The molecule has 0 atom stereocenters. The molecule has 0 unspecified atom stereocenters. The van der Waals surface area contributed by atoms with Gasteiger partial charge in [0, 0.05) is 11.9 Å². The van der Waals surface area contributed by atoms with Crippen molar-refractivity contribution in [2.75, 3.05) is 5.32 Å². The lowest BCUT2D eigenvalue weighted by Gasteiger charge is -2.12. The van der Waals surface area contributed by atoms with E-state index in [0.29, 0.717) is 16.9 Å². The van der Waals surface area contributed by atoms with Crippen LogP contribution in [0.1, 0.15) is 5.56 Å². The summed E-state index contributed by atoms with van der Waals surface area (Å²) < 4.78 is 38.5. The molecule has 0 aliphatic carbocycles. The zero-order valence-electron chi connectivity index (χ0n) is 10.4. The average Bonchev–Trinajstić information content (AvgIpc) is 2.89. The van der Waals surface area contributed by atoms with Gasteiger partial charge in [-0.2, -0.15) is 13.2 Å². The first-order valence-corrected chi connectivity index (χ1v) is 6.25. The zero-order chi connectivity index (χ0) is 15.0. The molecular weight excluding hydrogens is 305 g/mol. The lowest BCUT2D eigenvalue weighted by atomic mass is 10.2. The second kappa shape index (κ2) is 4.92. The molecule has 0 aliphatic heterocycles. The van der Waals surface area contributed by atoms with Gasteiger partial charge in [0.2, 0.25) is 0 Å². The van der Waals surface area contributed by atoms with Crippen molar-refractivity contribution in [2.24, 2.45) is 0 Å². The van der Waals surface area contributed by atoms with Gasteiger partial charge in [-0.25, -0.2) is 9.97 Å². The van der Waals surface area contributed by atoms with Gasteiger partial charge in [-0.1, -0.05) is 11.6 Å². The lowest BCUT2D eigenvalue weighted by Crippen LogP contribution is -2.06. The molecule has 2 N–H and O–H groups in total. The standard InChI is InChI=1S/C13H8ClF3N4/c14-10-2-1-7(5-9(10)13(15,16)17)21-12-8-3-4-18-11(8)19-6-20-12/h1-6H,(H2,18,19,20,21). The quantitative estimate of drug-likeness (QED) is 0.738. The van der Waals surface area contributed by atoms with Gasteiger partial charge in [-0.3, -0.25) is 0 Å². The highest BCUT2D eigenvalue weighted by atomic mass is 35.5. The first-order valence-electron chi connectivity index (χ1n) is 5.87. The highest BCUT2D eigenvalue weighted by molar-refractivity contribution is 6.31. The maximum absolute atomic E-state index is 12.8. The maximum Gasteiger partial charge on any atom is 0.417 e. The Bertz CT molecular complexity index is 797. The number of anilines is 2. The fourth-order valence-electron chi connectivity index (χ4n) is 1.93. The Morgan fingerprint density at radius 3 is 2.71 bits per heavy atom. The van der Waals surface area contributed by atoms with Crippen LogP contribution in [0.25, 0.3) is 11.0 Å². The molecule has 0 amide bonds. The molecule has 0 spiro atoms. The molecule has 21 heavy (non-hydrogen) atoms. The van der Waals surface area contributed by atoms with Gasteiger partial charge >= 0.3 is 6.18 Å². The van der Waals surface area contributed by atoms with Gasteiger partial charge in [0.25, 0.3) is 0 Å². The monoisotopic (exact) mass is 312 g/mol. The maximum atomic E-state index is 12.8. The first kappa shape index (κ1) is 13.7. The Labute approximate surface area is 122 Å². The molecular formula is C13H8ClF3N4. The number of rotatable bonds is 2. The zero-order valence-corrected chi connectivity index (χ0v) is 11.1. The van der Waals surface area contributed by atoms with Gasteiger partial charge in [0.15, 0.2) is 0 Å². The first-order chi connectivity index (χ1) is 9.95. The van der Waals surface area contributed by atoms with Crippen molar-refractivity contribution < 1.29 is 13.2 Å². The van der Waals surface area contributed by atoms with E-state index in [2.05, 4.69) is 20.3 Å². The van der Waals surface area contributed by atoms with Crippen LogP contribution in [0.5, 0.6) is 0 Å². The molecule has 2 aromatic heterocycles. The summed E-state index contributed by atoms with van der Waals surface area (Å²) in [6.07, 6.45) is -1.51. The van der Waals surface area contributed by atoms with Crippen molar-refractivity contribution in [1.29, 1.82) is 0 Å². The number of hydrogen-bond donors (Lipinski definition) is 2. The fraction of sp³-hybridized carbons (Fsp3) is 0.0769. The minimum atomic E-state index is -4.51. The van der Waals surface area contributed by atoms with Crippen LogP contribution in [0, 0.1) is 0 Å². The fourth-order valence-corrected chi connectivity index (χ4v) is 2.15. The summed E-state index contributed by atoms with van der Waals surface area (Å²) in [6.45, 7) is 0. The predicted molar refractivity (Wildman–Crippen MR) is 73.6 cm³/mol. The smallest absolute Gasteiger partial charge is 0.346 e. The van der Waals surface area contributed by atoms with Crippen LogP contribution in [-0.2, 0) is 6.18 Å². The number of H-pyrrole nitrogens is 1. The summed E-state index contributed by atoms with van der Waals surface area (Å²) >= 11 is 5.58. The highest BCUT2D eigenvalue weighted by Gasteiger charge is 2.33. The molecule has 0 bridgehead atoms. The topological polar surface area (TPSA) is 53.6 Å². The third kappa shape index (κ3) is 2.64. The number of alkyl halides is 3. The number of fused-ring (bicyclic) bond motifs is 1. The van der Waals surface area contributed by atoms with Gasteiger partial charge in [-0.05, 0) is 24.3 Å². The van der Waals surface area contributed by atoms with Crippen LogP contribution >= 0.6 is 11.6 Å². The van der Waals surface area contributed by atoms with Gasteiger partial charge in [-0.15, -0.1) is 0 Å². The van der Waals surface area contributed by atoms with Crippen LogP contribution in [0.2, 0.25) is 5.02 Å². The Morgan fingerprint density at radius 2 is 1.95 bits per heavy atom. The molecule has 108 valence electrons. The van der Waals surface area contributed by atoms with Crippen LogP contribution in [0.15, 0.2) is 36.8 Å². The normalized spacial score (nSPS) is 11.8. The van der Waals surface area contributed by atoms with E-state index in [4.69, 9.17) is 11.6 Å². The molecule has 2 heterocycles. The van der Waals surface area contributed by atoms with E-state index in [9.17, 15) is 13.2 Å². The number of nitrogens with zero attached hydrogens (tertiary/aromatic N) is 2.